The van der Waals surface area contributed by atoms with Gasteiger partial charge in [-0.1, -0.05) is 62.7 Å². The molecule has 0 aliphatic rings. The zero-order chi connectivity index (χ0) is 24.8. The van der Waals surface area contributed by atoms with Gasteiger partial charge in [0.2, 0.25) is 0 Å². The first-order chi connectivity index (χ1) is 16.6. The summed E-state index contributed by atoms with van der Waals surface area (Å²) in [7, 11) is -3.88. The van der Waals surface area contributed by atoms with Gasteiger partial charge in [-0.05, 0) is 36.1 Å². The van der Waals surface area contributed by atoms with Crippen molar-refractivity contribution >= 4 is 21.1 Å². The Hall–Kier alpha value is -3.91. The molecule has 0 saturated carbocycles. The van der Waals surface area contributed by atoms with E-state index in [0.29, 0.717) is 16.8 Å². The van der Waals surface area contributed by atoms with E-state index in [1.165, 1.54) is 22.1 Å². The summed E-state index contributed by atoms with van der Waals surface area (Å²) in [6.45, 7) is 8.43. The molecule has 7 nitrogen and oxygen atoms in total. The lowest BCUT2D eigenvalue weighted by molar-refractivity contribution is 0.588. The lowest BCUT2D eigenvalue weighted by Crippen LogP contribution is -2.12. The fourth-order valence-corrected chi connectivity index (χ4v) is 5.24. The first kappa shape index (κ1) is 22.9. The van der Waals surface area contributed by atoms with Crippen LogP contribution in [0.25, 0.3) is 33.7 Å². The van der Waals surface area contributed by atoms with Crippen molar-refractivity contribution < 1.29 is 8.42 Å². The van der Waals surface area contributed by atoms with Gasteiger partial charge in [-0.2, -0.15) is 0 Å². The Bertz CT molecular complexity index is 1630. The number of hydrogen-bond acceptors (Lipinski definition) is 6. The van der Waals surface area contributed by atoms with Gasteiger partial charge in [0.15, 0.2) is 11.5 Å². The second kappa shape index (κ2) is 8.39. The van der Waals surface area contributed by atoms with Gasteiger partial charge >= 0.3 is 0 Å². The summed E-state index contributed by atoms with van der Waals surface area (Å²) in [5, 5.41) is 0.559. The molecular formula is C27H25N5O2S. The van der Waals surface area contributed by atoms with E-state index in [1.807, 2.05) is 25.1 Å². The van der Waals surface area contributed by atoms with Crippen molar-refractivity contribution in [3.8, 4) is 22.6 Å². The second-order valence-corrected chi connectivity index (χ2v) is 11.3. The maximum atomic E-state index is 13.5. The molecular weight excluding hydrogens is 458 g/mol. The van der Waals surface area contributed by atoms with E-state index in [9.17, 15) is 8.42 Å². The molecule has 0 fully saturated rings. The molecule has 0 amide bonds. The van der Waals surface area contributed by atoms with Crippen LogP contribution in [-0.2, 0) is 15.4 Å². The highest BCUT2D eigenvalue weighted by molar-refractivity contribution is 7.90. The Morgan fingerprint density at radius 3 is 2.29 bits per heavy atom. The zero-order valence-corrected chi connectivity index (χ0v) is 20.8. The summed E-state index contributed by atoms with van der Waals surface area (Å²) in [6.07, 6.45) is 6.13. The Morgan fingerprint density at radius 2 is 1.60 bits per heavy atom. The number of fused-ring (bicyclic) bond motifs is 1. The van der Waals surface area contributed by atoms with Crippen LogP contribution < -0.4 is 0 Å². The summed E-state index contributed by atoms with van der Waals surface area (Å²) in [4.78, 5) is 17.8. The van der Waals surface area contributed by atoms with Crippen molar-refractivity contribution in [2.45, 2.75) is 38.0 Å². The SMILES string of the molecule is Cc1ccc(S(=O)(=O)n2cc(-c3nccc(-c4ccc(C(C)(C)C)cc4)n3)c3cncnc32)cc1. The van der Waals surface area contributed by atoms with Crippen molar-refractivity contribution in [1.82, 2.24) is 23.9 Å². The third-order valence-electron chi connectivity index (χ3n) is 5.96. The lowest BCUT2D eigenvalue weighted by Gasteiger charge is -2.19. The van der Waals surface area contributed by atoms with Crippen LogP contribution in [0.3, 0.4) is 0 Å². The molecule has 2 aromatic carbocycles. The topological polar surface area (TPSA) is 90.6 Å². The van der Waals surface area contributed by atoms with Gasteiger partial charge in [0, 0.05) is 35.1 Å². The van der Waals surface area contributed by atoms with E-state index in [-0.39, 0.29) is 16.0 Å². The highest BCUT2D eigenvalue weighted by Gasteiger charge is 2.24. The van der Waals surface area contributed by atoms with E-state index in [1.54, 1.807) is 36.7 Å². The molecule has 8 heteroatoms. The number of hydrogen-bond donors (Lipinski definition) is 0. The molecule has 0 unspecified atom stereocenters. The molecule has 0 N–H and O–H groups in total. The van der Waals surface area contributed by atoms with Crippen molar-refractivity contribution in [2.75, 3.05) is 0 Å². The first-order valence-corrected chi connectivity index (χ1v) is 12.7. The lowest BCUT2D eigenvalue weighted by atomic mass is 9.86. The number of aryl methyl sites for hydroxylation is 1. The minimum Gasteiger partial charge on any atom is -0.244 e. The Balaban J connectivity index is 1.62. The Kier molecular flexibility index (Phi) is 5.48. The highest BCUT2D eigenvalue weighted by Crippen LogP contribution is 2.31. The number of nitrogens with zero attached hydrogens (tertiary/aromatic N) is 5. The molecule has 0 spiro atoms. The number of aromatic nitrogens is 5. The van der Waals surface area contributed by atoms with Crippen molar-refractivity contribution in [1.29, 1.82) is 0 Å². The molecule has 0 aliphatic carbocycles. The summed E-state index contributed by atoms with van der Waals surface area (Å²) in [6, 6.07) is 16.9. The molecule has 176 valence electrons. The third-order valence-corrected chi connectivity index (χ3v) is 7.62. The third kappa shape index (κ3) is 4.21. The predicted molar refractivity (Wildman–Crippen MR) is 136 cm³/mol. The van der Waals surface area contributed by atoms with Gasteiger partial charge < -0.3 is 0 Å². The predicted octanol–water partition coefficient (Wildman–Crippen LogP) is 5.40. The van der Waals surface area contributed by atoms with Gasteiger partial charge in [0.05, 0.1) is 10.6 Å². The Morgan fingerprint density at radius 1 is 0.886 bits per heavy atom. The minimum absolute atomic E-state index is 0.0557. The van der Waals surface area contributed by atoms with Crippen LogP contribution in [0, 0.1) is 6.92 Å². The summed E-state index contributed by atoms with van der Waals surface area (Å²) >= 11 is 0. The van der Waals surface area contributed by atoms with E-state index >= 15 is 0 Å². The molecule has 0 atom stereocenters. The minimum atomic E-state index is -3.88. The van der Waals surface area contributed by atoms with Crippen molar-refractivity contribution in [2.24, 2.45) is 0 Å². The van der Waals surface area contributed by atoms with E-state index in [4.69, 9.17) is 4.98 Å². The molecule has 0 saturated heterocycles. The summed E-state index contributed by atoms with van der Waals surface area (Å²) in [5.41, 5.74) is 4.79. The Labute approximate surface area is 204 Å². The fraction of sp³-hybridized carbons (Fsp3) is 0.185. The highest BCUT2D eigenvalue weighted by atomic mass is 32.2. The molecule has 0 radical (unpaired) electrons. The fourth-order valence-electron chi connectivity index (χ4n) is 3.91. The summed E-state index contributed by atoms with van der Waals surface area (Å²) < 4.78 is 28.1. The van der Waals surface area contributed by atoms with Gasteiger partial charge in [-0.3, -0.25) is 0 Å². The van der Waals surface area contributed by atoms with Crippen LogP contribution in [0.15, 0.2) is 84.4 Å². The smallest absolute Gasteiger partial charge is 0.244 e. The standard InChI is InChI=1S/C27H25N5O2S/c1-18-5-11-21(12-6-18)35(33,34)32-16-23(22-15-28-17-30-26(22)32)25-29-14-13-24(31-25)19-7-9-20(10-8-19)27(2,3)4/h5-17H,1-4H3. The second-order valence-electron chi connectivity index (χ2n) is 9.51. The van der Waals surface area contributed by atoms with Crippen LogP contribution in [-0.4, -0.2) is 32.3 Å². The van der Waals surface area contributed by atoms with Crippen LogP contribution >= 0.6 is 0 Å². The van der Waals surface area contributed by atoms with Crippen LogP contribution in [0.1, 0.15) is 31.9 Å². The molecule has 35 heavy (non-hydrogen) atoms. The van der Waals surface area contributed by atoms with Crippen LogP contribution in [0.2, 0.25) is 0 Å². The molecule has 3 heterocycles. The summed E-state index contributed by atoms with van der Waals surface area (Å²) in [5.74, 6) is 0.403. The molecule has 3 aromatic heterocycles. The van der Waals surface area contributed by atoms with E-state index < -0.39 is 10.0 Å². The zero-order valence-electron chi connectivity index (χ0n) is 20.0. The van der Waals surface area contributed by atoms with E-state index in [2.05, 4.69) is 47.9 Å². The largest absolute Gasteiger partial charge is 0.269 e. The molecule has 5 rings (SSSR count). The van der Waals surface area contributed by atoms with Crippen molar-refractivity contribution in [3.05, 3.63) is 90.6 Å². The van der Waals surface area contributed by atoms with Crippen LogP contribution in [0.4, 0.5) is 0 Å². The maximum Gasteiger partial charge on any atom is 0.269 e. The average molecular weight is 484 g/mol. The molecule has 0 bridgehead atoms. The molecule has 5 aromatic rings. The normalized spacial score (nSPS) is 12.2. The van der Waals surface area contributed by atoms with Gasteiger partial charge in [-0.25, -0.2) is 32.3 Å². The van der Waals surface area contributed by atoms with E-state index in [0.717, 1.165) is 16.8 Å². The number of rotatable bonds is 4. The molecule has 0 aliphatic heterocycles. The first-order valence-electron chi connectivity index (χ1n) is 11.2. The van der Waals surface area contributed by atoms with Crippen molar-refractivity contribution in [3.63, 3.8) is 0 Å². The van der Waals surface area contributed by atoms with Gasteiger partial charge in [-0.15, -0.1) is 0 Å². The monoisotopic (exact) mass is 483 g/mol. The number of benzene rings is 2. The van der Waals surface area contributed by atoms with Crippen LogP contribution in [0.5, 0.6) is 0 Å². The quantitative estimate of drug-likeness (QED) is 0.340. The van der Waals surface area contributed by atoms with Gasteiger partial charge in [0.1, 0.15) is 6.33 Å². The maximum absolute atomic E-state index is 13.5. The van der Waals surface area contributed by atoms with Gasteiger partial charge in [0.25, 0.3) is 10.0 Å². The average Bonchev–Trinajstić information content (AvgIpc) is 3.25.